The van der Waals surface area contributed by atoms with Gasteiger partial charge in [0.2, 0.25) is 0 Å². The number of benzene rings is 6. The molecule has 1 spiro atoms. The van der Waals surface area contributed by atoms with Gasteiger partial charge in [-0.2, -0.15) is 0 Å². The minimum absolute atomic E-state index is 0.0358. The third kappa shape index (κ3) is 6.54. The second-order valence-electron chi connectivity index (χ2n) is 23.7. The molecule has 0 amide bonds. The molecule has 0 saturated carbocycles. The second kappa shape index (κ2) is 14.5. The third-order valence-electron chi connectivity index (χ3n) is 13.9. The first kappa shape index (κ1) is 46.6. The summed E-state index contributed by atoms with van der Waals surface area (Å²) in [5, 5.41) is 0.663. The first-order chi connectivity index (χ1) is 30.5. The molecule has 0 N–H and O–H groups in total. The van der Waals surface area contributed by atoms with Gasteiger partial charge in [0.05, 0.1) is 0 Å². The van der Waals surface area contributed by atoms with Crippen molar-refractivity contribution < 1.29 is 5.63 Å². The van der Waals surface area contributed by atoms with Gasteiger partial charge in [-0.15, -0.1) is 0 Å². The summed E-state index contributed by atoms with van der Waals surface area (Å²) in [7, 11) is 0. The zero-order chi connectivity index (χ0) is 47.8. The van der Waals surface area contributed by atoms with Gasteiger partial charge < -0.3 is 0 Å². The van der Waals surface area contributed by atoms with Crippen LogP contribution in [-0.4, -0.2) is 19.7 Å². The molecule has 0 atom stereocenters. The van der Waals surface area contributed by atoms with Crippen LogP contribution in [0, 0.1) is 0 Å². The molecule has 0 aromatic heterocycles. The maximum atomic E-state index is 8.19. The van der Waals surface area contributed by atoms with Gasteiger partial charge in [0.15, 0.2) is 0 Å². The van der Waals surface area contributed by atoms with E-state index in [0.717, 1.165) is 53.7 Å². The van der Waals surface area contributed by atoms with Crippen molar-refractivity contribution in [1.29, 1.82) is 0 Å². The maximum absolute atomic E-state index is 8.19. The summed E-state index contributed by atoms with van der Waals surface area (Å²) in [5.74, 6) is 0.680. The Balaban J connectivity index is 1.47. The first-order valence-electron chi connectivity index (χ1n) is 22.8. The monoisotopic (exact) mass is 1170 g/mol. The number of halogens is 4. The van der Waals surface area contributed by atoms with Gasteiger partial charge in [-0.25, -0.2) is 0 Å². The van der Waals surface area contributed by atoms with E-state index >= 15 is 0 Å². The Morgan fingerprint density at radius 2 is 0.667 bits per heavy atom. The van der Waals surface area contributed by atoms with Gasteiger partial charge in [0.25, 0.3) is 0 Å². The van der Waals surface area contributed by atoms with E-state index in [4.69, 9.17) is 52.0 Å². The van der Waals surface area contributed by atoms with Gasteiger partial charge >= 0.3 is 422 Å². The SMILES string of the molecule is CC(C)(C)c1ccc(N2c3cc(C(C)(C)C)cc4[c]3[Bi]35([O]c6c(Cl)c(Cl)c(Cl)c(Cl)c6[O]3)[c]3c(cc(C(C)(C)C)cc3N(c3ccc(C(C)(C)C)cc3)c3cc(C(C)(C)C)cc2[c]35)S4)cc1. The van der Waals surface area contributed by atoms with E-state index in [0.29, 0.717) is 11.5 Å². The van der Waals surface area contributed by atoms with E-state index in [-0.39, 0.29) is 47.2 Å². The topological polar surface area (TPSA) is 24.9 Å². The summed E-state index contributed by atoms with van der Waals surface area (Å²) < 4.78 is 19.5. The Bertz CT molecular complexity index is 2900. The number of anilines is 6. The molecular formula is C56H59BiCl4N2O2S. The molecule has 6 aromatic rings. The van der Waals surface area contributed by atoms with Crippen molar-refractivity contribution in [2.24, 2.45) is 0 Å². The molecule has 10 heteroatoms. The predicted molar refractivity (Wildman–Crippen MR) is 286 cm³/mol. The number of fused-ring (bicyclic) bond motifs is 1. The summed E-state index contributed by atoms with van der Waals surface area (Å²) in [6.45, 7) is 34.2. The summed E-state index contributed by atoms with van der Waals surface area (Å²) in [6.07, 6.45) is 0. The molecule has 0 saturated heterocycles. The Morgan fingerprint density at radius 1 is 0.379 bits per heavy atom. The Morgan fingerprint density at radius 3 is 0.970 bits per heavy atom. The van der Waals surface area contributed by atoms with Gasteiger partial charge in [0, 0.05) is 0 Å². The molecular weight excluding hydrogens is 1120 g/mol. The molecule has 0 unspecified atom stereocenters. The van der Waals surface area contributed by atoms with Crippen molar-refractivity contribution in [2.45, 2.75) is 141 Å². The van der Waals surface area contributed by atoms with Crippen molar-refractivity contribution >= 4 is 122 Å². The van der Waals surface area contributed by atoms with Crippen LogP contribution in [0.3, 0.4) is 0 Å². The fraction of sp³-hybridized carbons (Fsp3) is 0.357. The molecule has 0 radical (unpaired) electrons. The zero-order valence-electron chi connectivity index (χ0n) is 40.7. The summed E-state index contributed by atoms with van der Waals surface area (Å²) >= 11 is 24.2. The molecule has 0 fully saturated rings. The summed E-state index contributed by atoms with van der Waals surface area (Å²) in [6, 6.07) is 32.6. The Kier molecular flexibility index (Phi) is 10.2. The van der Waals surface area contributed by atoms with Gasteiger partial charge in [-0.1, -0.05) is 0 Å². The normalized spacial score (nSPS) is 17.2. The van der Waals surface area contributed by atoms with E-state index in [9.17, 15) is 0 Å². The summed E-state index contributed by atoms with van der Waals surface area (Å²) in [5.41, 5.74) is 11.5. The molecule has 6 aromatic carbocycles. The molecule has 4 aliphatic heterocycles. The molecule has 0 aliphatic carbocycles. The Hall–Kier alpha value is -3.09. The van der Waals surface area contributed by atoms with E-state index in [2.05, 4.69) is 199 Å². The zero-order valence-corrected chi connectivity index (χ0v) is 48.0. The fourth-order valence-corrected chi connectivity index (χ4v) is 38.0. The molecule has 66 heavy (non-hydrogen) atoms. The van der Waals surface area contributed by atoms with Crippen molar-refractivity contribution in [3.63, 3.8) is 0 Å². The van der Waals surface area contributed by atoms with Crippen molar-refractivity contribution in [3.05, 3.63) is 133 Å². The quantitative estimate of drug-likeness (QED) is 0.0976. The van der Waals surface area contributed by atoms with Crippen LogP contribution in [0.1, 0.15) is 132 Å². The molecule has 4 nitrogen and oxygen atoms in total. The number of nitrogens with zero attached hydrogens (tertiary/aromatic N) is 2. The van der Waals surface area contributed by atoms with Crippen molar-refractivity contribution in [3.8, 4) is 11.5 Å². The summed E-state index contributed by atoms with van der Waals surface area (Å²) in [4.78, 5) is 7.17. The molecule has 0 bridgehead atoms. The second-order valence-corrected chi connectivity index (χ2v) is 40.4. The van der Waals surface area contributed by atoms with E-state index in [1.54, 1.807) is 0 Å². The van der Waals surface area contributed by atoms with Crippen molar-refractivity contribution in [1.82, 2.24) is 0 Å². The van der Waals surface area contributed by atoms with E-state index in [1.165, 1.54) is 27.8 Å². The van der Waals surface area contributed by atoms with Crippen LogP contribution in [0.5, 0.6) is 11.5 Å². The van der Waals surface area contributed by atoms with Crippen molar-refractivity contribution in [2.75, 3.05) is 9.80 Å². The van der Waals surface area contributed by atoms with Crippen LogP contribution in [0.2, 0.25) is 20.1 Å². The molecule has 344 valence electrons. The van der Waals surface area contributed by atoms with Gasteiger partial charge in [0.1, 0.15) is 0 Å². The van der Waals surface area contributed by atoms with Crippen LogP contribution in [0.25, 0.3) is 0 Å². The predicted octanol–water partition coefficient (Wildman–Crippen LogP) is 16.7. The van der Waals surface area contributed by atoms with Crippen LogP contribution >= 0.6 is 58.2 Å². The van der Waals surface area contributed by atoms with Gasteiger partial charge in [-0.3, -0.25) is 0 Å². The first-order valence-corrected chi connectivity index (χ1v) is 33.2. The molecule has 10 rings (SSSR count). The number of hydrogen-bond donors (Lipinski definition) is 0. The van der Waals surface area contributed by atoms with Crippen LogP contribution in [0.4, 0.5) is 34.1 Å². The average Bonchev–Trinajstić information content (AvgIpc) is 3.57. The van der Waals surface area contributed by atoms with Crippen LogP contribution in [-0.2, 0) is 27.1 Å². The van der Waals surface area contributed by atoms with Gasteiger partial charge in [-0.05, 0) is 0 Å². The Labute approximate surface area is 418 Å². The number of rotatable bonds is 2. The third-order valence-corrected chi connectivity index (χ3v) is 37.0. The fourth-order valence-electron chi connectivity index (χ4n) is 10.0. The van der Waals surface area contributed by atoms with Crippen LogP contribution in [0.15, 0.2) is 94.7 Å². The molecule has 4 heterocycles. The standard InChI is InChI=1S/C50H59N2S.C6H2Cl4O2.Bi/c1-46(2,3)33-16-20-38(21-17-33)51-40-24-35(48(7,8)9)25-41(30-40)52(39-22-18-34(19-23-39)47(4,5)6)43-27-37(50(13,14)15)29-45(32-43)53-44-28-36(49(10,11)12)26-42(51)31-44;7-1-2(8)4(10)6(12)5(11)3(1)9;/h16-29H,1-15H3;11-12H;/q;;+2/p-2. The number of hydrogen-bond acceptors (Lipinski definition) is 5. The molecule has 4 aliphatic rings. The van der Waals surface area contributed by atoms with E-state index in [1.807, 2.05) is 11.8 Å². The minimum atomic E-state index is -6.39. The van der Waals surface area contributed by atoms with E-state index < -0.39 is 19.7 Å². The van der Waals surface area contributed by atoms with Crippen LogP contribution < -0.4 is 25.2 Å². The average molecular weight is 1170 g/mol.